The first kappa shape index (κ1) is 14.7. The van der Waals surface area contributed by atoms with E-state index in [1.807, 2.05) is 36.1 Å². The molecule has 2 amide bonds. The summed E-state index contributed by atoms with van der Waals surface area (Å²) in [4.78, 5) is 14.6. The molecule has 0 fully saturated rings. The quantitative estimate of drug-likeness (QED) is 0.890. The van der Waals surface area contributed by atoms with Crippen LogP contribution in [0.3, 0.4) is 0 Å². The third kappa shape index (κ3) is 2.61. The number of fused-ring (bicyclic) bond motifs is 1. The van der Waals surface area contributed by atoms with Gasteiger partial charge in [-0.3, -0.25) is 0 Å². The van der Waals surface area contributed by atoms with E-state index in [1.165, 1.54) is 11.4 Å². The smallest absolute Gasteiger partial charge is 0.322 e. The van der Waals surface area contributed by atoms with Crippen LogP contribution in [0.15, 0.2) is 36.4 Å². The maximum atomic E-state index is 12.7. The number of carbonyl (C=O) groups is 1. The molecule has 0 saturated carbocycles. The molecular formula is C18H23N3O. The summed E-state index contributed by atoms with van der Waals surface area (Å²) in [5.74, 6) is 0. The van der Waals surface area contributed by atoms with Gasteiger partial charge in [-0.1, -0.05) is 19.1 Å². The standard InChI is InChI=1S/C18H23N3O/c1-4-16-17-9-8-14(3)20(17)10-11-21(16)18(22)19-15-7-5-6-13(2)12-15/h5-9,12,16H,4,10-11H2,1-3H3,(H,19,22)/t16-/m0/s1. The number of benzene rings is 1. The zero-order valence-corrected chi connectivity index (χ0v) is 13.5. The molecule has 0 aliphatic carbocycles. The largest absolute Gasteiger partial charge is 0.345 e. The number of anilines is 1. The van der Waals surface area contributed by atoms with Crippen LogP contribution in [-0.4, -0.2) is 22.0 Å². The number of urea groups is 1. The first-order valence-electron chi connectivity index (χ1n) is 7.90. The normalized spacial score (nSPS) is 17.2. The van der Waals surface area contributed by atoms with Gasteiger partial charge in [0.25, 0.3) is 0 Å². The number of amides is 2. The van der Waals surface area contributed by atoms with E-state index in [1.54, 1.807) is 0 Å². The molecule has 22 heavy (non-hydrogen) atoms. The zero-order valence-electron chi connectivity index (χ0n) is 13.5. The first-order chi connectivity index (χ1) is 10.6. The van der Waals surface area contributed by atoms with Crippen LogP contribution < -0.4 is 5.32 Å². The second-order valence-corrected chi connectivity index (χ2v) is 5.97. The molecule has 3 rings (SSSR count). The summed E-state index contributed by atoms with van der Waals surface area (Å²) in [6, 6.07) is 12.3. The Balaban J connectivity index is 1.81. The van der Waals surface area contributed by atoms with Crippen molar-refractivity contribution in [2.45, 2.75) is 39.8 Å². The van der Waals surface area contributed by atoms with Gasteiger partial charge in [0.05, 0.1) is 6.04 Å². The molecule has 4 nitrogen and oxygen atoms in total. The van der Waals surface area contributed by atoms with E-state index in [4.69, 9.17) is 0 Å². The monoisotopic (exact) mass is 297 g/mol. The summed E-state index contributed by atoms with van der Waals surface area (Å²) in [6.45, 7) is 7.90. The molecule has 0 spiro atoms. The summed E-state index contributed by atoms with van der Waals surface area (Å²) >= 11 is 0. The highest BCUT2D eigenvalue weighted by atomic mass is 16.2. The van der Waals surface area contributed by atoms with Crippen molar-refractivity contribution in [1.82, 2.24) is 9.47 Å². The molecule has 2 aromatic rings. The predicted octanol–water partition coefficient (Wildman–Crippen LogP) is 4.10. The minimum Gasteiger partial charge on any atom is -0.345 e. The maximum Gasteiger partial charge on any atom is 0.322 e. The summed E-state index contributed by atoms with van der Waals surface area (Å²) in [6.07, 6.45) is 0.921. The zero-order chi connectivity index (χ0) is 15.7. The lowest BCUT2D eigenvalue weighted by molar-refractivity contribution is 0.165. The lowest BCUT2D eigenvalue weighted by Crippen LogP contribution is -2.44. The van der Waals surface area contributed by atoms with Crippen molar-refractivity contribution in [1.29, 1.82) is 0 Å². The number of carbonyl (C=O) groups excluding carboxylic acids is 1. The maximum absolute atomic E-state index is 12.7. The molecule has 0 bridgehead atoms. The highest BCUT2D eigenvalue weighted by molar-refractivity contribution is 5.89. The van der Waals surface area contributed by atoms with Gasteiger partial charge in [-0.15, -0.1) is 0 Å². The van der Waals surface area contributed by atoms with Gasteiger partial charge < -0.3 is 14.8 Å². The van der Waals surface area contributed by atoms with Gasteiger partial charge in [-0.25, -0.2) is 4.79 Å². The van der Waals surface area contributed by atoms with E-state index in [2.05, 4.69) is 35.9 Å². The van der Waals surface area contributed by atoms with Gasteiger partial charge in [0, 0.05) is 30.2 Å². The van der Waals surface area contributed by atoms with Gasteiger partial charge in [-0.05, 0) is 50.1 Å². The van der Waals surface area contributed by atoms with Crippen LogP contribution in [-0.2, 0) is 6.54 Å². The number of nitrogens with one attached hydrogen (secondary N) is 1. The first-order valence-corrected chi connectivity index (χ1v) is 7.90. The number of aryl methyl sites for hydroxylation is 2. The predicted molar refractivity (Wildman–Crippen MR) is 89.1 cm³/mol. The minimum atomic E-state index is -0.0115. The number of hydrogen-bond acceptors (Lipinski definition) is 1. The van der Waals surface area contributed by atoms with Gasteiger partial charge in [0.2, 0.25) is 0 Å². The Hall–Kier alpha value is -2.23. The van der Waals surface area contributed by atoms with Crippen molar-refractivity contribution in [3.05, 3.63) is 53.3 Å². The van der Waals surface area contributed by atoms with Gasteiger partial charge in [0.1, 0.15) is 0 Å². The van der Waals surface area contributed by atoms with E-state index < -0.39 is 0 Å². The Morgan fingerprint density at radius 2 is 2.05 bits per heavy atom. The van der Waals surface area contributed by atoms with Crippen LogP contribution >= 0.6 is 0 Å². The molecule has 1 aromatic carbocycles. The van der Waals surface area contributed by atoms with Crippen LogP contribution in [0.2, 0.25) is 0 Å². The van der Waals surface area contributed by atoms with E-state index in [0.717, 1.165) is 30.8 Å². The fourth-order valence-electron chi connectivity index (χ4n) is 3.30. The third-order valence-corrected chi connectivity index (χ3v) is 4.43. The SMILES string of the molecule is CC[C@H]1c2ccc(C)n2CCN1C(=O)Nc1cccc(C)c1. The van der Waals surface area contributed by atoms with E-state index in [9.17, 15) is 4.79 Å². The van der Waals surface area contributed by atoms with Crippen LogP contribution in [0.25, 0.3) is 0 Å². The van der Waals surface area contributed by atoms with Crippen molar-refractivity contribution >= 4 is 11.7 Å². The number of rotatable bonds is 2. The average Bonchev–Trinajstić information content (AvgIpc) is 2.88. The van der Waals surface area contributed by atoms with Gasteiger partial charge in [0.15, 0.2) is 0 Å². The molecule has 1 aliphatic rings. The highest BCUT2D eigenvalue weighted by Gasteiger charge is 2.30. The van der Waals surface area contributed by atoms with Gasteiger partial charge >= 0.3 is 6.03 Å². The third-order valence-electron chi connectivity index (χ3n) is 4.43. The molecule has 4 heteroatoms. The molecule has 1 atom stereocenters. The van der Waals surface area contributed by atoms with Crippen LogP contribution in [0.4, 0.5) is 10.5 Å². The fraction of sp³-hybridized carbons (Fsp3) is 0.389. The van der Waals surface area contributed by atoms with E-state index >= 15 is 0 Å². The summed E-state index contributed by atoms with van der Waals surface area (Å²) in [7, 11) is 0. The summed E-state index contributed by atoms with van der Waals surface area (Å²) in [5.41, 5.74) is 4.52. The van der Waals surface area contributed by atoms with Crippen molar-refractivity contribution in [3.63, 3.8) is 0 Å². The molecule has 116 valence electrons. The van der Waals surface area contributed by atoms with Crippen LogP contribution in [0.5, 0.6) is 0 Å². The Bertz CT molecular complexity index is 689. The van der Waals surface area contributed by atoms with Crippen molar-refractivity contribution in [2.75, 3.05) is 11.9 Å². The molecule has 1 aliphatic heterocycles. The van der Waals surface area contributed by atoms with Crippen molar-refractivity contribution in [2.24, 2.45) is 0 Å². The van der Waals surface area contributed by atoms with Crippen LogP contribution in [0.1, 0.15) is 36.3 Å². The fourth-order valence-corrected chi connectivity index (χ4v) is 3.30. The molecular weight excluding hydrogens is 274 g/mol. The Kier molecular flexibility index (Phi) is 3.92. The molecule has 0 saturated heterocycles. The summed E-state index contributed by atoms with van der Waals surface area (Å²) in [5, 5.41) is 3.03. The molecule has 1 N–H and O–H groups in total. The lowest BCUT2D eigenvalue weighted by Gasteiger charge is -2.37. The van der Waals surface area contributed by atoms with Gasteiger partial charge in [-0.2, -0.15) is 0 Å². The average molecular weight is 297 g/mol. The Morgan fingerprint density at radius 1 is 1.23 bits per heavy atom. The second-order valence-electron chi connectivity index (χ2n) is 5.97. The number of aromatic nitrogens is 1. The van der Waals surface area contributed by atoms with Crippen molar-refractivity contribution in [3.8, 4) is 0 Å². The number of nitrogens with zero attached hydrogens (tertiary/aromatic N) is 2. The minimum absolute atomic E-state index is 0.0115. The molecule has 0 radical (unpaired) electrons. The lowest BCUT2D eigenvalue weighted by atomic mass is 10.1. The van der Waals surface area contributed by atoms with E-state index in [0.29, 0.717) is 0 Å². The number of hydrogen-bond donors (Lipinski definition) is 1. The molecule has 1 aromatic heterocycles. The van der Waals surface area contributed by atoms with Crippen molar-refractivity contribution < 1.29 is 4.79 Å². The molecule has 0 unspecified atom stereocenters. The second kappa shape index (κ2) is 5.87. The highest BCUT2D eigenvalue weighted by Crippen LogP contribution is 2.30. The molecule has 2 heterocycles. The van der Waals surface area contributed by atoms with Crippen LogP contribution in [0, 0.1) is 13.8 Å². The topological polar surface area (TPSA) is 37.3 Å². The van der Waals surface area contributed by atoms with E-state index in [-0.39, 0.29) is 12.1 Å². The Morgan fingerprint density at radius 3 is 2.77 bits per heavy atom. The summed E-state index contributed by atoms with van der Waals surface area (Å²) < 4.78 is 2.32. The Labute approximate surface area is 131 Å².